The van der Waals surface area contributed by atoms with E-state index in [0.717, 1.165) is 5.56 Å². The topological polar surface area (TPSA) is 85.9 Å². The Hall–Kier alpha value is -2.08. The molecule has 6 nitrogen and oxygen atoms in total. The number of methoxy groups -OCH3 is 1. The minimum absolute atomic E-state index is 0.0804. The molecule has 6 heteroatoms. The third kappa shape index (κ3) is 7.65. The van der Waals surface area contributed by atoms with E-state index in [1.165, 1.54) is 0 Å². The second-order valence-electron chi connectivity index (χ2n) is 6.40. The molecule has 0 saturated heterocycles. The molecule has 1 aromatic carbocycles. The SMILES string of the molecule is COCC(C)NC(N)=NCc1cccc(C(=O)OC(C)(C)C)c1. The lowest BCUT2D eigenvalue weighted by atomic mass is 10.1. The van der Waals surface area contributed by atoms with Gasteiger partial charge in [0.2, 0.25) is 0 Å². The molecule has 0 aromatic heterocycles. The maximum absolute atomic E-state index is 12.1. The number of esters is 1. The van der Waals surface area contributed by atoms with E-state index >= 15 is 0 Å². The van der Waals surface area contributed by atoms with Crippen molar-refractivity contribution in [3.8, 4) is 0 Å². The molecule has 0 aliphatic carbocycles. The molecular weight excluding hydrogens is 294 g/mol. The van der Waals surface area contributed by atoms with Gasteiger partial charge < -0.3 is 20.5 Å². The fourth-order valence-corrected chi connectivity index (χ4v) is 1.90. The molecule has 0 aliphatic rings. The predicted molar refractivity (Wildman–Crippen MR) is 91.4 cm³/mol. The standard InChI is InChI=1S/C17H27N3O3/c1-12(11-22-5)20-16(18)19-10-13-7-6-8-14(9-13)15(21)23-17(2,3)4/h6-9,12H,10-11H2,1-5H3,(H3,18,19,20). The maximum Gasteiger partial charge on any atom is 0.338 e. The van der Waals surface area contributed by atoms with E-state index in [2.05, 4.69) is 10.3 Å². The summed E-state index contributed by atoms with van der Waals surface area (Å²) in [5.74, 6) is 0.000337. The van der Waals surface area contributed by atoms with Crippen LogP contribution in [0, 0.1) is 0 Å². The Balaban J connectivity index is 2.68. The third-order valence-corrected chi connectivity index (χ3v) is 2.80. The van der Waals surface area contributed by atoms with Crippen LogP contribution in [0.25, 0.3) is 0 Å². The Kier molecular flexibility index (Phi) is 7.03. The largest absolute Gasteiger partial charge is 0.456 e. The molecule has 1 atom stereocenters. The summed E-state index contributed by atoms with van der Waals surface area (Å²) >= 11 is 0. The van der Waals surface area contributed by atoms with Crippen LogP contribution in [-0.2, 0) is 16.0 Å². The molecular formula is C17H27N3O3. The number of benzene rings is 1. The fraction of sp³-hybridized carbons (Fsp3) is 0.529. The van der Waals surface area contributed by atoms with Gasteiger partial charge >= 0.3 is 5.97 Å². The van der Waals surface area contributed by atoms with Gasteiger partial charge in [-0.1, -0.05) is 12.1 Å². The molecule has 0 fully saturated rings. The van der Waals surface area contributed by atoms with Crippen molar-refractivity contribution in [2.45, 2.75) is 45.9 Å². The van der Waals surface area contributed by atoms with Crippen molar-refractivity contribution in [2.75, 3.05) is 13.7 Å². The number of nitrogens with one attached hydrogen (secondary N) is 1. The van der Waals surface area contributed by atoms with E-state index in [9.17, 15) is 4.79 Å². The van der Waals surface area contributed by atoms with E-state index in [0.29, 0.717) is 24.7 Å². The number of hydrogen-bond donors (Lipinski definition) is 2. The Morgan fingerprint density at radius 1 is 1.39 bits per heavy atom. The Morgan fingerprint density at radius 2 is 2.09 bits per heavy atom. The zero-order valence-corrected chi connectivity index (χ0v) is 14.6. The van der Waals surface area contributed by atoms with E-state index in [1.54, 1.807) is 25.3 Å². The highest BCUT2D eigenvalue weighted by Crippen LogP contribution is 2.13. The van der Waals surface area contributed by atoms with Crippen LogP contribution in [0.4, 0.5) is 0 Å². The smallest absolute Gasteiger partial charge is 0.338 e. The van der Waals surface area contributed by atoms with Gasteiger partial charge in [0.25, 0.3) is 0 Å². The lowest BCUT2D eigenvalue weighted by Crippen LogP contribution is -2.40. The summed E-state index contributed by atoms with van der Waals surface area (Å²) in [4.78, 5) is 16.3. The highest BCUT2D eigenvalue weighted by atomic mass is 16.6. The maximum atomic E-state index is 12.1. The minimum atomic E-state index is -0.517. The van der Waals surface area contributed by atoms with Crippen LogP contribution in [-0.4, -0.2) is 37.3 Å². The molecule has 0 bridgehead atoms. The van der Waals surface area contributed by atoms with Crippen LogP contribution in [0.3, 0.4) is 0 Å². The fourth-order valence-electron chi connectivity index (χ4n) is 1.90. The molecule has 3 N–H and O–H groups in total. The van der Waals surface area contributed by atoms with Crippen molar-refractivity contribution in [3.63, 3.8) is 0 Å². The minimum Gasteiger partial charge on any atom is -0.456 e. The van der Waals surface area contributed by atoms with E-state index in [-0.39, 0.29) is 12.0 Å². The molecule has 23 heavy (non-hydrogen) atoms. The summed E-state index contributed by atoms with van der Waals surface area (Å²) in [7, 11) is 1.63. The first-order valence-corrected chi connectivity index (χ1v) is 7.59. The number of hydrogen-bond acceptors (Lipinski definition) is 4. The number of rotatable bonds is 6. The molecule has 1 unspecified atom stereocenters. The normalized spacial score (nSPS) is 13.5. The summed E-state index contributed by atoms with van der Waals surface area (Å²) in [5, 5.41) is 3.03. The number of carbonyl (C=O) groups is 1. The number of guanidine groups is 1. The van der Waals surface area contributed by atoms with Crippen molar-refractivity contribution >= 4 is 11.9 Å². The van der Waals surface area contributed by atoms with Gasteiger partial charge in [0.1, 0.15) is 5.60 Å². The monoisotopic (exact) mass is 321 g/mol. The first-order valence-electron chi connectivity index (χ1n) is 7.59. The van der Waals surface area contributed by atoms with Gasteiger partial charge in [0.05, 0.1) is 18.7 Å². The van der Waals surface area contributed by atoms with E-state index in [4.69, 9.17) is 15.2 Å². The van der Waals surface area contributed by atoms with Crippen LogP contribution in [0.2, 0.25) is 0 Å². The number of nitrogens with zero attached hydrogens (tertiary/aromatic N) is 1. The van der Waals surface area contributed by atoms with Crippen LogP contribution in [0.15, 0.2) is 29.3 Å². The highest BCUT2D eigenvalue weighted by Gasteiger charge is 2.17. The molecule has 1 aromatic rings. The van der Waals surface area contributed by atoms with Gasteiger partial charge in [-0.05, 0) is 45.4 Å². The average molecular weight is 321 g/mol. The van der Waals surface area contributed by atoms with Crippen LogP contribution in [0.1, 0.15) is 43.6 Å². The molecule has 1 rings (SSSR count). The van der Waals surface area contributed by atoms with Crippen LogP contribution < -0.4 is 11.1 Å². The quantitative estimate of drug-likeness (QED) is 0.476. The molecule has 0 radical (unpaired) electrons. The third-order valence-electron chi connectivity index (χ3n) is 2.80. The van der Waals surface area contributed by atoms with Gasteiger partial charge in [-0.25, -0.2) is 9.79 Å². The van der Waals surface area contributed by atoms with Crippen LogP contribution >= 0.6 is 0 Å². The van der Waals surface area contributed by atoms with Crippen molar-refractivity contribution in [3.05, 3.63) is 35.4 Å². The Labute approximate surface area is 138 Å². The van der Waals surface area contributed by atoms with Gasteiger partial charge in [-0.2, -0.15) is 0 Å². The van der Waals surface area contributed by atoms with Crippen molar-refractivity contribution in [1.82, 2.24) is 5.32 Å². The summed E-state index contributed by atoms with van der Waals surface area (Å²) in [6.07, 6.45) is 0. The molecule has 128 valence electrons. The highest BCUT2D eigenvalue weighted by molar-refractivity contribution is 5.89. The number of ether oxygens (including phenoxy) is 2. The predicted octanol–water partition coefficient (Wildman–Crippen LogP) is 2.08. The molecule has 0 spiro atoms. The summed E-state index contributed by atoms with van der Waals surface area (Å²) in [6, 6.07) is 7.27. The average Bonchev–Trinajstić information content (AvgIpc) is 2.44. The Bertz CT molecular complexity index is 550. The zero-order valence-electron chi connectivity index (χ0n) is 14.6. The first kappa shape index (κ1) is 19.0. The summed E-state index contributed by atoms with van der Waals surface area (Å²) in [6.45, 7) is 8.40. The van der Waals surface area contributed by atoms with Crippen molar-refractivity contribution < 1.29 is 14.3 Å². The number of carbonyl (C=O) groups excluding carboxylic acids is 1. The van der Waals surface area contributed by atoms with Gasteiger partial charge in [0, 0.05) is 13.2 Å². The molecule has 0 saturated carbocycles. The summed E-state index contributed by atoms with van der Waals surface area (Å²) in [5.41, 5.74) is 6.70. The first-order chi connectivity index (χ1) is 10.7. The lowest BCUT2D eigenvalue weighted by Gasteiger charge is -2.19. The van der Waals surface area contributed by atoms with Gasteiger partial charge in [0.15, 0.2) is 5.96 Å². The molecule has 0 aliphatic heterocycles. The number of nitrogens with two attached hydrogens (primary N) is 1. The second kappa shape index (κ2) is 8.53. The second-order valence-corrected chi connectivity index (χ2v) is 6.40. The zero-order chi connectivity index (χ0) is 17.5. The van der Waals surface area contributed by atoms with Gasteiger partial charge in [-0.3, -0.25) is 0 Å². The Morgan fingerprint density at radius 3 is 2.70 bits per heavy atom. The van der Waals surface area contributed by atoms with E-state index < -0.39 is 5.60 Å². The number of aliphatic imine (C=N–C) groups is 1. The van der Waals surface area contributed by atoms with Crippen molar-refractivity contribution in [2.24, 2.45) is 10.7 Å². The lowest BCUT2D eigenvalue weighted by molar-refractivity contribution is 0.00694. The van der Waals surface area contributed by atoms with Gasteiger partial charge in [-0.15, -0.1) is 0 Å². The summed E-state index contributed by atoms with van der Waals surface area (Å²) < 4.78 is 10.4. The van der Waals surface area contributed by atoms with Crippen LogP contribution in [0.5, 0.6) is 0 Å². The molecule has 0 heterocycles. The van der Waals surface area contributed by atoms with E-state index in [1.807, 2.05) is 33.8 Å². The van der Waals surface area contributed by atoms with Crippen molar-refractivity contribution in [1.29, 1.82) is 0 Å². The molecule has 0 amide bonds.